The number of halogens is 2. The molecule has 0 radical (unpaired) electrons. The number of hydrogen-bond acceptors (Lipinski definition) is 5. The Morgan fingerprint density at radius 1 is 1.33 bits per heavy atom. The van der Waals surface area contributed by atoms with E-state index in [1.54, 1.807) is 18.0 Å². The van der Waals surface area contributed by atoms with Crippen molar-refractivity contribution < 1.29 is 9.53 Å². The Balaban J connectivity index is 2.38. The first-order valence-electron chi connectivity index (χ1n) is 7.85. The van der Waals surface area contributed by atoms with E-state index in [2.05, 4.69) is 9.98 Å². The minimum atomic E-state index is -1.01. The smallest absolute Gasteiger partial charge is 0.270 e. The van der Waals surface area contributed by atoms with Crippen molar-refractivity contribution in [1.82, 2.24) is 4.90 Å². The predicted molar refractivity (Wildman–Crippen MR) is 107 cm³/mol. The highest BCUT2D eigenvalue weighted by atomic mass is 35.5. The molecule has 1 atom stereocenters. The lowest BCUT2D eigenvalue weighted by Crippen LogP contribution is -2.50. The van der Waals surface area contributed by atoms with E-state index >= 15 is 0 Å². The van der Waals surface area contributed by atoms with E-state index < -0.39 is 11.6 Å². The van der Waals surface area contributed by atoms with Crippen LogP contribution in [0.1, 0.15) is 6.42 Å². The molecule has 6 N–H and O–H groups in total. The number of carbonyl (C=O) groups is 1. The van der Waals surface area contributed by atoms with Gasteiger partial charge in [-0.25, -0.2) is 4.99 Å². The predicted octanol–water partition coefficient (Wildman–Crippen LogP) is 1.58. The molecule has 1 aromatic carbocycles. The van der Waals surface area contributed by atoms with E-state index in [9.17, 15) is 4.79 Å². The van der Waals surface area contributed by atoms with Gasteiger partial charge in [0.05, 0.1) is 34.1 Å². The second kappa shape index (κ2) is 8.94. The quantitative estimate of drug-likeness (QED) is 0.438. The zero-order valence-corrected chi connectivity index (χ0v) is 16.0. The van der Waals surface area contributed by atoms with Gasteiger partial charge in [-0.1, -0.05) is 23.2 Å². The number of carbonyl (C=O) groups excluding carboxylic acids is 1. The molecule has 11 heteroatoms. The Bertz CT molecular complexity index is 838. The molecule has 1 aliphatic rings. The van der Waals surface area contributed by atoms with E-state index in [1.807, 2.05) is 0 Å². The SMILES string of the molecule is CN(C(N)=NC(=Nc1ccc(Cl)c(Cl)c1)C(=N)C(N)=O)[C@@H]1CCOCC1=N. The van der Waals surface area contributed by atoms with Gasteiger partial charge in [-0.3, -0.25) is 10.2 Å². The van der Waals surface area contributed by atoms with Gasteiger partial charge in [0.2, 0.25) is 0 Å². The van der Waals surface area contributed by atoms with Crippen LogP contribution in [0.4, 0.5) is 5.69 Å². The van der Waals surface area contributed by atoms with Crippen LogP contribution in [0.3, 0.4) is 0 Å². The van der Waals surface area contributed by atoms with Gasteiger partial charge in [-0.05, 0) is 24.6 Å². The van der Waals surface area contributed by atoms with Crippen molar-refractivity contribution in [1.29, 1.82) is 10.8 Å². The van der Waals surface area contributed by atoms with Gasteiger partial charge < -0.3 is 26.5 Å². The van der Waals surface area contributed by atoms with Crippen LogP contribution in [0.15, 0.2) is 28.2 Å². The number of benzene rings is 1. The largest absolute Gasteiger partial charge is 0.375 e. The van der Waals surface area contributed by atoms with Gasteiger partial charge >= 0.3 is 0 Å². The molecule has 0 aliphatic carbocycles. The third-order valence-electron chi connectivity index (χ3n) is 3.85. The summed E-state index contributed by atoms with van der Waals surface area (Å²) in [6.07, 6.45) is 0.568. The Kier molecular flexibility index (Phi) is 6.89. The third-order valence-corrected chi connectivity index (χ3v) is 4.59. The molecule has 0 spiro atoms. The number of rotatable bonds is 4. The first-order chi connectivity index (χ1) is 12.7. The van der Waals surface area contributed by atoms with Crippen LogP contribution in [0.25, 0.3) is 0 Å². The van der Waals surface area contributed by atoms with Gasteiger partial charge in [0.1, 0.15) is 0 Å². The van der Waals surface area contributed by atoms with E-state index in [-0.39, 0.29) is 29.5 Å². The fourth-order valence-corrected chi connectivity index (χ4v) is 2.64. The van der Waals surface area contributed by atoms with Crippen LogP contribution < -0.4 is 11.5 Å². The lowest BCUT2D eigenvalue weighted by molar-refractivity contribution is -0.111. The fourth-order valence-electron chi connectivity index (χ4n) is 2.35. The van der Waals surface area contributed by atoms with Gasteiger partial charge in [0.25, 0.3) is 5.91 Å². The number of primary amides is 1. The summed E-state index contributed by atoms with van der Waals surface area (Å²) in [6, 6.07) is 4.24. The normalized spacial score (nSPS) is 18.3. The summed E-state index contributed by atoms with van der Waals surface area (Å²) in [7, 11) is 1.66. The number of amides is 1. The molecule has 9 nitrogen and oxygen atoms in total. The third kappa shape index (κ3) is 5.25. The lowest BCUT2D eigenvalue weighted by atomic mass is 10.1. The van der Waals surface area contributed by atoms with Gasteiger partial charge in [0.15, 0.2) is 17.5 Å². The van der Waals surface area contributed by atoms with Gasteiger partial charge in [0, 0.05) is 13.7 Å². The van der Waals surface area contributed by atoms with Crippen LogP contribution >= 0.6 is 23.2 Å². The molecule has 1 aliphatic heterocycles. The highest BCUT2D eigenvalue weighted by Gasteiger charge is 2.25. The van der Waals surface area contributed by atoms with Crippen molar-refractivity contribution in [3.8, 4) is 0 Å². The van der Waals surface area contributed by atoms with Crippen molar-refractivity contribution >= 4 is 58.0 Å². The number of nitrogens with one attached hydrogen (secondary N) is 2. The standard InChI is InChI=1S/C16H19Cl2N7O2/c1-25(12-4-5-27-7-11(12)19)16(22)24-15(13(20)14(21)26)23-8-2-3-9(17)10(18)6-8/h2-3,6,12,19-20H,4-5,7H2,1H3,(H2,21,26)(H2,22,23,24)/t12-/m1/s1. The Morgan fingerprint density at radius 3 is 2.63 bits per heavy atom. The van der Waals surface area contributed by atoms with Crippen LogP contribution in [0.2, 0.25) is 10.0 Å². The van der Waals surface area contributed by atoms with Crippen LogP contribution in [0.5, 0.6) is 0 Å². The van der Waals surface area contributed by atoms with Gasteiger partial charge in [-0.2, -0.15) is 4.99 Å². The zero-order valence-electron chi connectivity index (χ0n) is 14.5. The van der Waals surface area contributed by atoms with Crippen LogP contribution in [-0.2, 0) is 9.53 Å². The Labute approximate surface area is 166 Å². The van der Waals surface area contributed by atoms with E-state index in [0.717, 1.165) is 0 Å². The minimum absolute atomic E-state index is 0.0172. The second-order valence-electron chi connectivity index (χ2n) is 5.74. The van der Waals surface area contributed by atoms with Crippen molar-refractivity contribution in [2.24, 2.45) is 21.5 Å². The molecule has 144 valence electrons. The summed E-state index contributed by atoms with van der Waals surface area (Å²) < 4.78 is 5.22. The average Bonchev–Trinajstić information content (AvgIpc) is 2.63. The van der Waals surface area contributed by atoms with E-state index in [4.69, 9.17) is 50.2 Å². The van der Waals surface area contributed by atoms with Crippen LogP contribution in [0, 0.1) is 10.8 Å². The maximum atomic E-state index is 11.5. The molecule has 0 unspecified atom stereocenters. The summed E-state index contributed by atoms with van der Waals surface area (Å²) in [6.45, 7) is 0.704. The molecule has 1 fully saturated rings. The molecular weight excluding hydrogens is 393 g/mol. The topological polar surface area (TPSA) is 154 Å². The molecule has 0 saturated carbocycles. The molecule has 27 heavy (non-hydrogen) atoms. The Hall–Kier alpha value is -2.49. The molecular formula is C16H19Cl2N7O2. The second-order valence-corrected chi connectivity index (χ2v) is 6.55. The molecule has 2 rings (SSSR count). The fraction of sp³-hybridized carbons (Fsp3) is 0.312. The lowest BCUT2D eigenvalue weighted by Gasteiger charge is -2.32. The van der Waals surface area contributed by atoms with Crippen molar-refractivity contribution in [3.05, 3.63) is 28.2 Å². The van der Waals surface area contributed by atoms with Crippen molar-refractivity contribution in [2.75, 3.05) is 20.3 Å². The number of hydrogen-bond donors (Lipinski definition) is 4. The van der Waals surface area contributed by atoms with E-state index in [1.165, 1.54) is 12.1 Å². The van der Waals surface area contributed by atoms with Gasteiger partial charge in [-0.15, -0.1) is 0 Å². The van der Waals surface area contributed by atoms with Crippen molar-refractivity contribution in [2.45, 2.75) is 12.5 Å². The summed E-state index contributed by atoms with van der Waals surface area (Å²) in [4.78, 5) is 21.3. The first kappa shape index (κ1) is 20.8. The number of nitrogens with two attached hydrogens (primary N) is 2. The summed E-state index contributed by atoms with van der Waals surface area (Å²) in [5.41, 5.74) is 11.3. The van der Waals surface area contributed by atoms with Crippen molar-refractivity contribution in [3.63, 3.8) is 0 Å². The summed E-state index contributed by atoms with van der Waals surface area (Å²) in [5.74, 6) is -1.30. The number of aliphatic imine (C=N–C) groups is 2. The Morgan fingerprint density at radius 2 is 2.04 bits per heavy atom. The molecule has 1 heterocycles. The summed E-state index contributed by atoms with van der Waals surface area (Å²) >= 11 is 11.8. The summed E-state index contributed by atoms with van der Waals surface area (Å²) in [5, 5.41) is 16.4. The number of ether oxygens (including phenoxy) is 1. The monoisotopic (exact) mass is 411 g/mol. The maximum Gasteiger partial charge on any atom is 0.270 e. The molecule has 0 bridgehead atoms. The first-order valence-corrected chi connectivity index (χ1v) is 8.60. The number of nitrogens with zero attached hydrogens (tertiary/aromatic N) is 3. The number of guanidine groups is 1. The highest BCUT2D eigenvalue weighted by molar-refractivity contribution is 6.66. The average molecular weight is 412 g/mol. The molecule has 1 amide bonds. The minimum Gasteiger partial charge on any atom is -0.375 e. The molecule has 1 aromatic rings. The number of amidine groups is 1. The maximum absolute atomic E-state index is 11.5. The zero-order chi connectivity index (χ0) is 20.1. The molecule has 0 aromatic heterocycles. The molecule has 1 saturated heterocycles. The van der Waals surface area contributed by atoms with E-state index in [0.29, 0.717) is 29.4 Å². The highest BCUT2D eigenvalue weighted by Crippen LogP contribution is 2.26. The van der Waals surface area contributed by atoms with Crippen LogP contribution in [-0.4, -0.2) is 60.3 Å².